The predicted molar refractivity (Wildman–Crippen MR) is 304 cm³/mol. The van der Waals surface area contributed by atoms with Crippen LogP contribution in [0.2, 0.25) is 0 Å². The molecule has 0 aliphatic carbocycles. The van der Waals surface area contributed by atoms with E-state index in [0.717, 1.165) is 5.56 Å². The van der Waals surface area contributed by atoms with Gasteiger partial charge in [0, 0.05) is 26.1 Å². The number of likely N-dealkylation sites (tertiary alicyclic amines) is 1. The maximum atomic E-state index is 14.4. The van der Waals surface area contributed by atoms with Crippen LogP contribution >= 0.6 is 11.8 Å². The minimum absolute atomic E-state index is 0.00550. The van der Waals surface area contributed by atoms with Crippen LogP contribution in [-0.4, -0.2) is 184 Å². The molecule has 1 aliphatic heterocycles. The van der Waals surface area contributed by atoms with Crippen LogP contribution in [0.5, 0.6) is 5.75 Å². The average molecular weight is 1170 g/mol. The van der Waals surface area contributed by atoms with E-state index < -0.39 is 132 Å². The number of nitrogens with two attached hydrogens (primary N) is 6. The van der Waals surface area contributed by atoms with Gasteiger partial charge in [0.25, 0.3) is 0 Å². The Balaban J connectivity index is 1.88. The van der Waals surface area contributed by atoms with Crippen molar-refractivity contribution >= 4 is 82.8 Å². The minimum atomic E-state index is -1.76. The predicted octanol–water partition coefficient (Wildman–Crippen LogP) is -4.64. The lowest BCUT2D eigenvalue weighted by Gasteiger charge is -2.30. The third kappa shape index (κ3) is 23.5. The molecule has 82 heavy (non-hydrogen) atoms. The van der Waals surface area contributed by atoms with Crippen molar-refractivity contribution in [1.29, 1.82) is 0 Å². The van der Waals surface area contributed by atoms with E-state index >= 15 is 0 Å². The summed E-state index contributed by atoms with van der Waals surface area (Å²) in [5.41, 5.74) is 34.7. The highest BCUT2D eigenvalue weighted by atomic mass is 32.2. The second-order valence-corrected chi connectivity index (χ2v) is 20.8. The lowest BCUT2D eigenvalue weighted by Crippen LogP contribution is -2.61. The van der Waals surface area contributed by atoms with Gasteiger partial charge in [-0.1, -0.05) is 56.3 Å². The van der Waals surface area contributed by atoms with Gasteiger partial charge in [-0.15, -0.1) is 0 Å². The summed E-state index contributed by atoms with van der Waals surface area (Å²) < 4.78 is 0. The Morgan fingerprint density at radius 2 is 1.12 bits per heavy atom. The molecule has 0 spiro atoms. The van der Waals surface area contributed by atoms with E-state index in [4.69, 9.17) is 34.4 Å². The van der Waals surface area contributed by atoms with Gasteiger partial charge in [-0.25, -0.2) is 4.79 Å². The smallest absolute Gasteiger partial charge is 0.326 e. The van der Waals surface area contributed by atoms with Gasteiger partial charge in [-0.3, -0.25) is 53.1 Å². The molecule has 30 heteroatoms. The van der Waals surface area contributed by atoms with Gasteiger partial charge in [-0.05, 0) is 92.6 Å². The van der Waals surface area contributed by atoms with Crippen LogP contribution < -0.4 is 71.6 Å². The molecule has 1 aliphatic rings. The van der Waals surface area contributed by atoms with Crippen molar-refractivity contribution in [2.75, 3.05) is 38.2 Å². The summed E-state index contributed by atoms with van der Waals surface area (Å²) in [7, 11) is 0. The Morgan fingerprint density at radius 3 is 1.66 bits per heavy atom. The van der Waals surface area contributed by atoms with Crippen molar-refractivity contribution in [3.05, 3.63) is 65.7 Å². The largest absolute Gasteiger partial charge is 0.508 e. The van der Waals surface area contributed by atoms with Crippen LogP contribution in [0.1, 0.15) is 76.3 Å². The summed E-state index contributed by atoms with van der Waals surface area (Å²) in [6.45, 7) is 2.46. The Morgan fingerprint density at radius 1 is 0.634 bits per heavy atom. The standard InChI is InChI=1S/C52H80N16O13S/c1-28(2)41(67-47(77)39-14-9-22-68(39)49(79)32(53)24-29-10-5-4-6-11-29)48(78)65-37(26-40(54)71)45(75)61-33(12-7-20-59-51(55)56)42(72)64-36(25-30-15-17-31(70)18-16-30)44(74)66-38(27-69)46(76)62-34(19-23-82-3)43(73)63-35(50(80)81)13-8-21-60-52(57)58/h4-6,10-11,15-18,28,32-39,41,69-70H,7-9,12-14,19-27,53H2,1-3H3,(H2,54,71)(H,61,75)(H,62,76)(H,63,73)(H,64,72)(H,65,78)(H,66,74)(H,67,77)(H,80,81)(H4,55,56,59)(H4,57,58,60)/t32-,33-,34-,35-,36-,37-,38-,39-,41-/m0/s1. The number of carbonyl (C=O) groups excluding carboxylic acids is 9. The Hall–Kier alpha value is -8.25. The third-order valence-electron chi connectivity index (χ3n) is 12.9. The Kier molecular flexibility index (Phi) is 28.9. The van der Waals surface area contributed by atoms with Crippen molar-refractivity contribution in [1.82, 2.24) is 42.1 Å². The average Bonchev–Trinajstić information content (AvgIpc) is 3.92. The quantitative estimate of drug-likeness (QED) is 0.0175. The summed E-state index contributed by atoms with van der Waals surface area (Å²) in [6, 6.07) is 1.89. The first-order chi connectivity index (χ1) is 38.8. The summed E-state index contributed by atoms with van der Waals surface area (Å²) in [6.07, 6.45) is 1.50. The van der Waals surface area contributed by atoms with E-state index in [9.17, 15) is 63.3 Å². The highest BCUT2D eigenvalue weighted by Crippen LogP contribution is 2.21. The summed E-state index contributed by atoms with van der Waals surface area (Å²) in [5, 5.41) is 47.6. The molecule has 1 heterocycles. The van der Waals surface area contributed by atoms with Crippen molar-refractivity contribution in [2.24, 2.45) is 50.3 Å². The van der Waals surface area contributed by atoms with Gasteiger partial charge in [0.2, 0.25) is 53.2 Å². The summed E-state index contributed by atoms with van der Waals surface area (Å²) >= 11 is 1.31. The zero-order valence-electron chi connectivity index (χ0n) is 46.2. The first-order valence-corrected chi connectivity index (χ1v) is 28.0. The number of benzene rings is 2. The fraction of sp³-hybridized carbons (Fsp3) is 0.538. The van der Waals surface area contributed by atoms with E-state index in [2.05, 4.69) is 47.2 Å². The third-order valence-corrected chi connectivity index (χ3v) is 13.6. The molecule has 0 unspecified atom stereocenters. The van der Waals surface area contributed by atoms with Gasteiger partial charge >= 0.3 is 5.97 Å². The number of nitrogens with one attached hydrogen (secondary N) is 7. The number of aliphatic hydroxyl groups excluding tert-OH is 1. The number of rotatable bonds is 35. The number of phenols is 1. The molecule has 0 aromatic heterocycles. The molecule has 1 fully saturated rings. The Labute approximate surface area is 479 Å². The zero-order chi connectivity index (χ0) is 61.1. The van der Waals surface area contributed by atoms with Crippen LogP contribution in [0.25, 0.3) is 0 Å². The van der Waals surface area contributed by atoms with Crippen LogP contribution in [0.3, 0.4) is 0 Å². The first-order valence-electron chi connectivity index (χ1n) is 26.6. The molecule has 2 aromatic carbocycles. The number of aliphatic hydroxyl groups is 1. The molecular formula is C52H80N16O13S. The van der Waals surface area contributed by atoms with Gasteiger partial charge in [-0.2, -0.15) is 11.8 Å². The number of primary amides is 1. The maximum absolute atomic E-state index is 14.4. The molecule has 3 rings (SSSR count). The highest BCUT2D eigenvalue weighted by Gasteiger charge is 2.40. The molecule has 1 saturated heterocycles. The number of carboxylic acids is 1. The van der Waals surface area contributed by atoms with Crippen LogP contribution in [0, 0.1) is 5.92 Å². The number of hydrogen-bond donors (Lipinski definition) is 16. The number of aromatic hydroxyl groups is 1. The fourth-order valence-corrected chi connectivity index (χ4v) is 9.07. The normalized spacial score (nSPS) is 15.8. The topological polar surface area (TPSA) is 500 Å². The zero-order valence-corrected chi connectivity index (χ0v) is 47.0. The molecule has 0 radical (unpaired) electrons. The first kappa shape index (κ1) is 68.0. The van der Waals surface area contributed by atoms with Crippen LogP contribution in [0.4, 0.5) is 0 Å². The van der Waals surface area contributed by atoms with E-state index in [1.54, 1.807) is 20.1 Å². The monoisotopic (exact) mass is 1170 g/mol. The van der Waals surface area contributed by atoms with Crippen LogP contribution in [-0.2, 0) is 60.8 Å². The number of aliphatic carboxylic acids is 1. The van der Waals surface area contributed by atoms with E-state index in [0.29, 0.717) is 17.7 Å². The van der Waals surface area contributed by atoms with Gasteiger partial charge < -0.3 is 91.8 Å². The second-order valence-electron chi connectivity index (χ2n) is 19.8. The number of thioether (sulfide) groups is 1. The van der Waals surface area contributed by atoms with Crippen LogP contribution in [0.15, 0.2) is 64.6 Å². The number of nitrogens with zero attached hydrogens (tertiary/aromatic N) is 3. The number of carboxylic acid groups (broad SMARTS) is 1. The lowest BCUT2D eigenvalue weighted by atomic mass is 10.0. The second kappa shape index (κ2) is 34.8. The highest BCUT2D eigenvalue weighted by molar-refractivity contribution is 7.98. The SMILES string of the molecule is CSCC[C@H](NC(=O)[C@H](CO)NC(=O)[C@H](Cc1ccc(O)cc1)NC(=O)[C@H](CCCN=C(N)N)NC(=O)[C@H](CC(N)=O)NC(=O)[C@@H](NC(=O)[C@@H]1CCCN1C(=O)[C@@H](N)Cc1ccccc1)C(C)C)C(=O)N[C@@H](CCCN=C(N)N)C(=O)O. The molecule has 2 aromatic rings. The summed E-state index contributed by atoms with van der Waals surface area (Å²) in [5.74, 6) is -10.5. The van der Waals surface area contributed by atoms with E-state index in [1.807, 2.05) is 30.3 Å². The molecule has 22 N–H and O–H groups in total. The maximum Gasteiger partial charge on any atom is 0.326 e. The van der Waals surface area contributed by atoms with Crippen molar-refractivity contribution in [3.63, 3.8) is 0 Å². The molecular weight excluding hydrogens is 1090 g/mol. The number of aliphatic imine (C=N–C) groups is 2. The minimum Gasteiger partial charge on any atom is -0.508 e. The molecule has 9 atom stereocenters. The van der Waals surface area contributed by atoms with Crippen molar-refractivity contribution in [2.45, 2.75) is 132 Å². The number of hydrogen-bond acceptors (Lipinski definition) is 16. The van der Waals surface area contributed by atoms with Crippen molar-refractivity contribution in [3.8, 4) is 5.75 Å². The van der Waals surface area contributed by atoms with Gasteiger partial charge in [0.1, 0.15) is 54.1 Å². The summed E-state index contributed by atoms with van der Waals surface area (Å²) in [4.78, 5) is 145. The van der Waals surface area contributed by atoms with E-state index in [-0.39, 0.29) is 88.7 Å². The number of guanidine groups is 2. The molecule has 452 valence electrons. The molecule has 0 saturated carbocycles. The lowest BCUT2D eigenvalue weighted by molar-refractivity contribution is -0.142. The molecule has 0 bridgehead atoms. The van der Waals surface area contributed by atoms with Gasteiger partial charge in [0.15, 0.2) is 11.9 Å². The molecule has 9 amide bonds. The van der Waals surface area contributed by atoms with Crippen molar-refractivity contribution < 1.29 is 63.3 Å². The Bertz CT molecular complexity index is 2550. The number of amides is 9. The number of carbonyl (C=O) groups is 10. The molecule has 29 nitrogen and oxygen atoms in total. The fourth-order valence-electron chi connectivity index (χ4n) is 8.60. The number of phenolic OH excluding ortho intramolecular Hbond substituents is 1. The van der Waals surface area contributed by atoms with E-state index in [1.165, 1.54) is 40.9 Å². The van der Waals surface area contributed by atoms with Gasteiger partial charge in [0.05, 0.1) is 19.1 Å².